The number of rotatable bonds is 7. The molecule has 128 valence electrons. The van der Waals surface area contributed by atoms with Gasteiger partial charge in [-0.3, -0.25) is 4.98 Å². The molecule has 1 atom stereocenters. The molecule has 0 unspecified atom stereocenters. The van der Waals surface area contributed by atoms with Crippen LogP contribution in [0, 0.1) is 0 Å². The van der Waals surface area contributed by atoms with Crippen molar-refractivity contribution in [2.75, 3.05) is 0 Å². The summed E-state index contributed by atoms with van der Waals surface area (Å²) in [6.07, 6.45) is 1.74. The Kier molecular flexibility index (Phi) is 5.69. The Morgan fingerprint density at radius 2 is 1.60 bits per heavy atom. The Labute approximate surface area is 145 Å². The normalized spacial score (nSPS) is 12.1. The van der Waals surface area contributed by atoms with Gasteiger partial charge in [-0.1, -0.05) is 54.6 Å². The molecule has 0 amide bonds. The van der Waals surface area contributed by atoms with Gasteiger partial charge in [0.05, 0.1) is 11.7 Å². The maximum atomic E-state index is 12.6. The number of aromatic nitrogens is 1. The van der Waals surface area contributed by atoms with E-state index in [-0.39, 0.29) is 11.8 Å². The fraction of sp³-hybridized carbons (Fsp3) is 0.150. The maximum absolute atomic E-state index is 12.6. The second kappa shape index (κ2) is 8.35. The highest BCUT2D eigenvalue weighted by molar-refractivity contribution is 5.34. The van der Waals surface area contributed by atoms with E-state index in [0.717, 1.165) is 11.3 Å². The predicted octanol–water partition coefficient (Wildman–Crippen LogP) is 4.56. The fourth-order valence-corrected chi connectivity index (χ4v) is 2.66. The van der Waals surface area contributed by atoms with Gasteiger partial charge in [0.1, 0.15) is 5.75 Å². The SMILES string of the molecule is FC(F)Oc1ccccc1CN[C@@H](c1ccccc1)c1ccccn1. The molecule has 0 radical (unpaired) electrons. The molecular formula is C20H18F2N2O. The van der Waals surface area contributed by atoms with Crippen LogP contribution in [0.3, 0.4) is 0 Å². The largest absolute Gasteiger partial charge is 0.434 e. The van der Waals surface area contributed by atoms with Crippen molar-refractivity contribution in [3.8, 4) is 5.75 Å². The Balaban J connectivity index is 1.83. The summed E-state index contributed by atoms with van der Waals surface area (Å²) in [5.41, 5.74) is 2.58. The van der Waals surface area contributed by atoms with E-state index in [0.29, 0.717) is 12.1 Å². The quantitative estimate of drug-likeness (QED) is 0.684. The molecule has 0 saturated carbocycles. The van der Waals surface area contributed by atoms with Crippen molar-refractivity contribution >= 4 is 0 Å². The third-order valence-electron chi connectivity index (χ3n) is 3.80. The first-order chi connectivity index (χ1) is 12.2. The van der Waals surface area contributed by atoms with Crippen LogP contribution in [0.2, 0.25) is 0 Å². The van der Waals surface area contributed by atoms with Gasteiger partial charge >= 0.3 is 6.61 Å². The minimum Gasteiger partial charge on any atom is -0.434 e. The average molecular weight is 340 g/mol. The Hall–Kier alpha value is -2.79. The lowest BCUT2D eigenvalue weighted by Gasteiger charge is -2.20. The highest BCUT2D eigenvalue weighted by atomic mass is 19.3. The summed E-state index contributed by atoms with van der Waals surface area (Å²) in [4.78, 5) is 4.42. The van der Waals surface area contributed by atoms with Gasteiger partial charge in [0, 0.05) is 18.3 Å². The van der Waals surface area contributed by atoms with E-state index in [4.69, 9.17) is 0 Å². The molecule has 0 fully saturated rings. The number of halogens is 2. The van der Waals surface area contributed by atoms with Gasteiger partial charge in [-0.15, -0.1) is 0 Å². The lowest BCUT2D eigenvalue weighted by Crippen LogP contribution is -2.23. The van der Waals surface area contributed by atoms with Crippen LogP contribution in [0.1, 0.15) is 22.9 Å². The number of alkyl halides is 2. The molecule has 0 aliphatic carbocycles. The lowest BCUT2D eigenvalue weighted by atomic mass is 10.0. The fourth-order valence-electron chi connectivity index (χ4n) is 2.66. The smallest absolute Gasteiger partial charge is 0.387 e. The Morgan fingerprint density at radius 1 is 0.880 bits per heavy atom. The summed E-state index contributed by atoms with van der Waals surface area (Å²) in [5, 5.41) is 3.39. The number of benzene rings is 2. The van der Waals surface area contributed by atoms with Gasteiger partial charge < -0.3 is 10.1 Å². The number of pyridine rings is 1. The second-order valence-electron chi connectivity index (χ2n) is 5.47. The van der Waals surface area contributed by atoms with Crippen LogP contribution in [-0.4, -0.2) is 11.6 Å². The summed E-state index contributed by atoms with van der Waals surface area (Å²) in [5.74, 6) is 0.179. The third-order valence-corrected chi connectivity index (χ3v) is 3.80. The molecule has 3 aromatic rings. The molecule has 0 bridgehead atoms. The topological polar surface area (TPSA) is 34.1 Å². The molecule has 2 aromatic carbocycles. The zero-order valence-corrected chi connectivity index (χ0v) is 13.5. The second-order valence-corrected chi connectivity index (χ2v) is 5.47. The minimum absolute atomic E-state index is 0.151. The van der Waals surface area contributed by atoms with Gasteiger partial charge in [0.2, 0.25) is 0 Å². The van der Waals surface area contributed by atoms with Crippen LogP contribution in [0.25, 0.3) is 0 Å². The molecule has 0 saturated heterocycles. The molecule has 3 nitrogen and oxygen atoms in total. The lowest BCUT2D eigenvalue weighted by molar-refractivity contribution is -0.0505. The number of hydrogen-bond donors (Lipinski definition) is 1. The summed E-state index contributed by atoms with van der Waals surface area (Å²) in [6.45, 7) is -2.47. The van der Waals surface area contributed by atoms with E-state index >= 15 is 0 Å². The van der Waals surface area contributed by atoms with E-state index in [1.165, 1.54) is 0 Å². The van der Waals surface area contributed by atoms with Crippen LogP contribution >= 0.6 is 0 Å². The van der Waals surface area contributed by atoms with E-state index in [1.54, 1.807) is 30.5 Å². The van der Waals surface area contributed by atoms with Crippen LogP contribution in [0.5, 0.6) is 5.75 Å². The molecule has 1 aromatic heterocycles. The van der Waals surface area contributed by atoms with Crippen molar-refractivity contribution in [3.63, 3.8) is 0 Å². The van der Waals surface area contributed by atoms with Crippen molar-refractivity contribution in [1.29, 1.82) is 0 Å². The zero-order chi connectivity index (χ0) is 17.5. The predicted molar refractivity (Wildman–Crippen MR) is 92.4 cm³/mol. The Morgan fingerprint density at radius 3 is 2.32 bits per heavy atom. The minimum atomic E-state index is -2.85. The van der Waals surface area contributed by atoms with Gasteiger partial charge in [-0.05, 0) is 23.8 Å². The maximum Gasteiger partial charge on any atom is 0.387 e. The summed E-state index contributed by atoms with van der Waals surface area (Å²) in [7, 11) is 0. The van der Waals surface area contributed by atoms with Crippen molar-refractivity contribution in [2.45, 2.75) is 19.2 Å². The summed E-state index contributed by atoms with van der Waals surface area (Å²) < 4.78 is 29.8. The molecule has 0 aliphatic rings. The summed E-state index contributed by atoms with van der Waals surface area (Å²) >= 11 is 0. The van der Waals surface area contributed by atoms with E-state index in [2.05, 4.69) is 15.0 Å². The third kappa shape index (κ3) is 4.61. The molecule has 3 rings (SSSR count). The standard InChI is InChI=1S/C20H18F2N2O/c21-20(22)25-18-12-5-4-10-16(18)14-24-19(15-8-2-1-3-9-15)17-11-6-7-13-23-17/h1-13,19-20,24H,14H2/t19-/m0/s1. The van der Waals surface area contributed by atoms with Crippen LogP contribution in [-0.2, 0) is 6.54 Å². The first-order valence-electron chi connectivity index (χ1n) is 7.96. The van der Waals surface area contributed by atoms with Crippen molar-refractivity contribution < 1.29 is 13.5 Å². The average Bonchev–Trinajstić information content (AvgIpc) is 2.64. The van der Waals surface area contributed by atoms with Crippen LogP contribution < -0.4 is 10.1 Å². The molecule has 5 heteroatoms. The molecule has 0 spiro atoms. The van der Waals surface area contributed by atoms with E-state index < -0.39 is 6.61 Å². The van der Waals surface area contributed by atoms with E-state index in [1.807, 2.05) is 48.5 Å². The van der Waals surface area contributed by atoms with Crippen molar-refractivity contribution in [1.82, 2.24) is 10.3 Å². The molecule has 0 aliphatic heterocycles. The van der Waals surface area contributed by atoms with Gasteiger partial charge in [-0.2, -0.15) is 8.78 Å². The number of para-hydroxylation sites is 1. The monoisotopic (exact) mass is 340 g/mol. The number of ether oxygens (including phenoxy) is 1. The van der Waals surface area contributed by atoms with Gasteiger partial charge in [-0.25, -0.2) is 0 Å². The van der Waals surface area contributed by atoms with Crippen molar-refractivity contribution in [2.24, 2.45) is 0 Å². The first-order valence-corrected chi connectivity index (χ1v) is 7.96. The van der Waals surface area contributed by atoms with Crippen LogP contribution in [0.4, 0.5) is 8.78 Å². The van der Waals surface area contributed by atoms with Gasteiger partial charge in [0.15, 0.2) is 0 Å². The number of nitrogens with zero attached hydrogens (tertiary/aromatic N) is 1. The zero-order valence-electron chi connectivity index (χ0n) is 13.5. The molecule has 1 N–H and O–H groups in total. The molecule has 1 heterocycles. The highest BCUT2D eigenvalue weighted by Crippen LogP contribution is 2.24. The molecule has 25 heavy (non-hydrogen) atoms. The van der Waals surface area contributed by atoms with Crippen LogP contribution in [0.15, 0.2) is 79.0 Å². The van der Waals surface area contributed by atoms with Crippen molar-refractivity contribution in [3.05, 3.63) is 95.8 Å². The highest BCUT2D eigenvalue weighted by Gasteiger charge is 2.16. The number of nitrogens with one attached hydrogen (secondary N) is 1. The Bertz CT molecular complexity index is 742. The van der Waals surface area contributed by atoms with Gasteiger partial charge in [0.25, 0.3) is 0 Å². The van der Waals surface area contributed by atoms with E-state index in [9.17, 15) is 8.78 Å². The summed E-state index contributed by atoms with van der Waals surface area (Å²) in [6, 6.07) is 22.2. The first kappa shape index (κ1) is 17.0. The number of hydrogen-bond acceptors (Lipinski definition) is 3. The molecular weight excluding hydrogens is 322 g/mol.